The molecule has 0 aliphatic rings. The number of benzene rings is 2. The Bertz CT molecular complexity index is 585. The van der Waals surface area contributed by atoms with Gasteiger partial charge in [0.15, 0.2) is 0 Å². The van der Waals surface area contributed by atoms with Gasteiger partial charge in [0, 0.05) is 6.07 Å². The van der Waals surface area contributed by atoms with Crippen molar-refractivity contribution >= 4 is 16.5 Å². The Labute approximate surface area is 85.5 Å². The third-order valence-electron chi connectivity index (χ3n) is 2.18. The van der Waals surface area contributed by atoms with Crippen molar-refractivity contribution in [3.63, 3.8) is 0 Å². The molecule has 0 amide bonds. The van der Waals surface area contributed by atoms with Gasteiger partial charge in [0.2, 0.25) is 0 Å². The third-order valence-corrected chi connectivity index (χ3v) is 2.18. The number of rotatable bonds is 1. The Hall–Kier alpha value is -2.41. The molecule has 4 heteroatoms. The Kier molecular flexibility index (Phi) is 2.07. The van der Waals surface area contributed by atoms with Crippen molar-refractivity contribution in [2.75, 3.05) is 0 Å². The molecule has 15 heavy (non-hydrogen) atoms. The molecule has 2 rings (SSSR count). The van der Waals surface area contributed by atoms with Crippen molar-refractivity contribution in [1.82, 2.24) is 0 Å². The van der Waals surface area contributed by atoms with Gasteiger partial charge in [0.1, 0.15) is 0 Å². The van der Waals surface area contributed by atoms with E-state index in [1.165, 1.54) is 6.07 Å². The Balaban J connectivity index is 2.79. The molecule has 0 saturated heterocycles. The molecule has 0 atom stereocenters. The van der Waals surface area contributed by atoms with Crippen LogP contribution in [0.5, 0.6) is 0 Å². The largest absolute Gasteiger partial charge is 0.277 e. The fourth-order valence-electron chi connectivity index (χ4n) is 1.50. The first kappa shape index (κ1) is 9.16. The van der Waals surface area contributed by atoms with Crippen molar-refractivity contribution in [3.8, 4) is 6.07 Å². The zero-order valence-electron chi connectivity index (χ0n) is 7.68. The van der Waals surface area contributed by atoms with Gasteiger partial charge < -0.3 is 0 Å². The monoisotopic (exact) mass is 198 g/mol. The second-order valence-corrected chi connectivity index (χ2v) is 3.08. The van der Waals surface area contributed by atoms with E-state index < -0.39 is 4.92 Å². The number of nitro groups is 1. The van der Waals surface area contributed by atoms with Gasteiger partial charge >= 0.3 is 0 Å². The fraction of sp³-hybridized carbons (Fsp3) is 0. The van der Waals surface area contributed by atoms with Gasteiger partial charge in [-0.05, 0) is 23.6 Å². The average molecular weight is 198 g/mol. The van der Waals surface area contributed by atoms with E-state index in [0.717, 1.165) is 0 Å². The molecule has 0 unspecified atom stereocenters. The predicted octanol–water partition coefficient (Wildman–Crippen LogP) is 2.62. The zero-order valence-corrected chi connectivity index (χ0v) is 7.68. The standard InChI is InChI=1S/C11H6N2O2/c12-7-8-4-5-10-9(6-8)2-1-3-11(10)13(14)15/h1-6H. The van der Waals surface area contributed by atoms with Crippen LogP contribution in [0.15, 0.2) is 36.4 Å². The summed E-state index contributed by atoms with van der Waals surface area (Å²) < 4.78 is 0. The van der Waals surface area contributed by atoms with Gasteiger partial charge in [-0.1, -0.05) is 12.1 Å². The minimum absolute atomic E-state index is 0.0667. The van der Waals surface area contributed by atoms with E-state index in [2.05, 4.69) is 0 Å². The molecule has 0 aliphatic heterocycles. The Morgan fingerprint density at radius 1 is 1.27 bits per heavy atom. The first-order valence-electron chi connectivity index (χ1n) is 4.29. The van der Waals surface area contributed by atoms with Crippen LogP contribution < -0.4 is 0 Å². The van der Waals surface area contributed by atoms with Crippen molar-refractivity contribution in [3.05, 3.63) is 52.1 Å². The molecule has 0 aliphatic carbocycles. The Morgan fingerprint density at radius 2 is 2.07 bits per heavy atom. The molecule has 4 nitrogen and oxygen atoms in total. The normalized spacial score (nSPS) is 9.80. The summed E-state index contributed by atoms with van der Waals surface area (Å²) in [7, 11) is 0. The lowest BCUT2D eigenvalue weighted by molar-refractivity contribution is -0.383. The molecule has 2 aromatic rings. The van der Waals surface area contributed by atoms with Crippen molar-refractivity contribution in [2.24, 2.45) is 0 Å². The van der Waals surface area contributed by atoms with Crippen LogP contribution in [-0.2, 0) is 0 Å². The van der Waals surface area contributed by atoms with E-state index in [4.69, 9.17) is 5.26 Å². The van der Waals surface area contributed by atoms with Gasteiger partial charge in [0.05, 0.1) is 21.9 Å². The van der Waals surface area contributed by atoms with E-state index in [1.807, 2.05) is 6.07 Å². The van der Waals surface area contributed by atoms with Crippen molar-refractivity contribution in [1.29, 1.82) is 5.26 Å². The van der Waals surface area contributed by atoms with Crippen molar-refractivity contribution < 1.29 is 4.92 Å². The summed E-state index contributed by atoms with van der Waals surface area (Å²) in [5.74, 6) is 0. The van der Waals surface area contributed by atoms with Gasteiger partial charge in [-0.25, -0.2) is 0 Å². The number of non-ortho nitro benzene ring substituents is 1. The SMILES string of the molecule is N#Cc1ccc2c([N+](=O)[O-])cccc2c1. The molecule has 0 bridgehead atoms. The van der Waals surface area contributed by atoms with E-state index >= 15 is 0 Å². The highest BCUT2D eigenvalue weighted by atomic mass is 16.6. The summed E-state index contributed by atoms with van der Waals surface area (Å²) in [4.78, 5) is 10.3. The summed E-state index contributed by atoms with van der Waals surface area (Å²) in [6, 6.07) is 11.6. The lowest BCUT2D eigenvalue weighted by Gasteiger charge is -1.98. The first-order valence-corrected chi connectivity index (χ1v) is 4.29. The summed E-state index contributed by atoms with van der Waals surface area (Å²) in [5.41, 5.74) is 0.569. The first-order chi connectivity index (χ1) is 7.22. The maximum absolute atomic E-state index is 10.7. The van der Waals surface area contributed by atoms with Crippen LogP contribution in [0.25, 0.3) is 10.8 Å². The average Bonchev–Trinajstić information content (AvgIpc) is 2.27. The highest BCUT2D eigenvalue weighted by molar-refractivity contribution is 5.91. The lowest BCUT2D eigenvalue weighted by atomic mass is 10.1. The van der Waals surface area contributed by atoms with Gasteiger partial charge in [-0.2, -0.15) is 5.26 Å². The van der Waals surface area contributed by atoms with Crippen LogP contribution in [0.4, 0.5) is 5.69 Å². The smallest absolute Gasteiger partial charge is 0.258 e. The topological polar surface area (TPSA) is 66.9 Å². The van der Waals surface area contributed by atoms with Crippen LogP contribution >= 0.6 is 0 Å². The second kappa shape index (κ2) is 3.39. The van der Waals surface area contributed by atoms with Crippen LogP contribution in [0, 0.1) is 21.4 Å². The Morgan fingerprint density at radius 3 is 2.73 bits per heavy atom. The number of hydrogen-bond acceptors (Lipinski definition) is 3. The molecule has 0 aromatic heterocycles. The number of hydrogen-bond donors (Lipinski definition) is 0. The molecule has 0 fully saturated rings. The molecule has 0 heterocycles. The molecule has 2 aromatic carbocycles. The van der Waals surface area contributed by atoms with E-state index in [-0.39, 0.29) is 5.69 Å². The fourth-order valence-corrected chi connectivity index (χ4v) is 1.50. The third kappa shape index (κ3) is 1.51. The van der Waals surface area contributed by atoms with Gasteiger partial charge in [-0.3, -0.25) is 10.1 Å². The van der Waals surface area contributed by atoms with Gasteiger partial charge in [0.25, 0.3) is 5.69 Å². The number of nitro benzene ring substituents is 1. The quantitative estimate of drug-likeness (QED) is 0.522. The molecule has 0 N–H and O–H groups in total. The summed E-state index contributed by atoms with van der Waals surface area (Å²) in [6.45, 7) is 0. The predicted molar refractivity (Wildman–Crippen MR) is 55.3 cm³/mol. The number of nitriles is 1. The summed E-state index contributed by atoms with van der Waals surface area (Å²) in [5, 5.41) is 20.7. The minimum Gasteiger partial charge on any atom is -0.258 e. The molecule has 0 saturated carbocycles. The van der Waals surface area contributed by atoms with Crippen LogP contribution in [-0.4, -0.2) is 4.92 Å². The zero-order chi connectivity index (χ0) is 10.8. The second-order valence-electron chi connectivity index (χ2n) is 3.08. The van der Waals surface area contributed by atoms with E-state index in [0.29, 0.717) is 16.3 Å². The van der Waals surface area contributed by atoms with E-state index in [1.54, 1.807) is 30.3 Å². The molecular formula is C11H6N2O2. The lowest BCUT2D eigenvalue weighted by Crippen LogP contribution is -1.89. The highest BCUT2D eigenvalue weighted by Crippen LogP contribution is 2.25. The van der Waals surface area contributed by atoms with E-state index in [9.17, 15) is 10.1 Å². The molecule has 0 radical (unpaired) electrons. The minimum atomic E-state index is -0.422. The maximum Gasteiger partial charge on any atom is 0.277 e. The summed E-state index contributed by atoms with van der Waals surface area (Å²) >= 11 is 0. The van der Waals surface area contributed by atoms with Crippen LogP contribution in [0.3, 0.4) is 0 Å². The highest BCUT2D eigenvalue weighted by Gasteiger charge is 2.10. The number of fused-ring (bicyclic) bond motifs is 1. The molecule has 72 valence electrons. The van der Waals surface area contributed by atoms with Crippen molar-refractivity contribution in [2.45, 2.75) is 0 Å². The van der Waals surface area contributed by atoms with Gasteiger partial charge in [-0.15, -0.1) is 0 Å². The maximum atomic E-state index is 10.7. The van der Waals surface area contributed by atoms with Crippen LogP contribution in [0.1, 0.15) is 5.56 Å². The summed E-state index contributed by atoms with van der Waals surface area (Å²) in [6.07, 6.45) is 0. The molecule has 0 spiro atoms. The number of nitrogens with zero attached hydrogens (tertiary/aromatic N) is 2. The van der Waals surface area contributed by atoms with Crippen LogP contribution in [0.2, 0.25) is 0 Å². The molecular weight excluding hydrogens is 192 g/mol.